The predicted octanol–water partition coefficient (Wildman–Crippen LogP) is 2.27. The van der Waals surface area contributed by atoms with Crippen molar-refractivity contribution < 1.29 is 4.42 Å². The van der Waals surface area contributed by atoms with E-state index in [0.717, 1.165) is 30.1 Å². The van der Waals surface area contributed by atoms with Gasteiger partial charge in [0.2, 0.25) is 0 Å². The van der Waals surface area contributed by atoms with Crippen molar-refractivity contribution >= 4 is 0 Å². The molecule has 0 radical (unpaired) electrons. The van der Waals surface area contributed by atoms with Crippen LogP contribution in [0.2, 0.25) is 0 Å². The third-order valence-corrected chi connectivity index (χ3v) is 2.59. The molecular formula is C13H17N3O. The molecule has 0 aliphatic rings. The molecule has 1 N–H and O–H groups in total. The molecule has 4 heteroatoms. The van der Waals surface area contributed by atoms with Gasteiger partial charge in [0, 0.05) is 12.6 Å². The Bertz CT molecular complexity index is 436. The number of nitrogens with zero attached hydrogens (tertiary/aromatic N) is 2. The van der Waals surface area contributed by atoms with Crippen LogP contribution in [0.15, 0.2) is 35.2 Å². The Morgan fingerprint density at radius 2 is 2.24 bits per heavy atom. The normalized spacial score (nSPS) is 12.6. The summed E-state index contributed by atoms with van der Waals surface area (Å²) in [4.78, 5) is 8.69. The molecule has 2 aromatic rings. The van der Waals surface area contributed by atoms with Crippen LogP contribution in [0.25, 0.3) is 0 Å². The van der Waals surface area contributed by atoms with Crippen LogP contribution in [0.4, 0.5) is 0 Å². The van der Waals surface area contributed by atoms with Crippen molar-refractivity contribution in [1.82, 2.24) is 15.3 Å². The molecule has 0 fully saturated rings. The van der Waals surface area contributed by atoms with Crippen molar-refractivity contribution in [3.05, 3.63) is 47.9 Å². The molecule has 2 rings (SSSR count). The first-order valence-electron chi connectivity index (χ1n) is 5.84. The number of nitrogens with one attached hydrogen (secondary N) is 1. The van der Waals surface area contributed by atoms with Gasteiger partial charge in [0.15, 0.2) is 0 Å². The second-order valence-corrected chi connectivity index (χ2v) is 3.98. The molecule has 0 aromatic carbocycles. The average molecular weight is 231 g/mol. The van der Waals surface area contributed by atoms with E-state index < -0.39 is 0 Å². The summed E-state index contributed by atoms with van der Waals surface area (Å²) in [6.07, 6.45) is 6.10. The zero-order valence-corrected chi connectivity index (χ0v) is 10.2. The Morgan fingerprint density at radius 3 is 2.82 bits per heavy atom. The number of rotatable bonds is 5. The zero-order chi connectivity index (χ0) is 12.1. The van der Waals surface area contributed by atoms with Gasteiger partial charge in [0.05, 0.1) is 29.9 Å². The van der Waals surface area contributed by atoms with Crippen LogP contribution in [-0.4, -0.2) is 16.5 Å². The SMILES string of the molecule is CCNC(Cc1ccco1)c1cnc(C)cn1. The van der Waals surface area contributed by atoms with E-state index >= 15 is 0 Å². The summed E-state index contributed by atoms with van der Waals surface area (Å²) in [6, 6.07) is 4.03. The lowest BCUT2D eigenvalue weighted by Gasteiger charge is -2.15. The number of aromatic nitrogens is 2. The van der Waals surface area contributed by atoms with Crippen LogP contribution in [-0.2, 0) is 6.42 Å². The van der Waals surface area contributed by atoms with Gasteiger partial charge in [0.25, 0.3) is 0 Å². The molecule has 0 saturated carbocycles. The molecule has 0 aliphatic heterocycles. The fraction of sp³-hybridized carbons (Fsp3) is 0.385. The van der Waals surface area contributed by atoms with Crippen LogP contribution in [0, 0.1) is 6.92 Å². The van der Waals surface area contributed by atoms with E-state index in [0.29, 0.717) is 0 Å². The minimum absolute atomic E-state index is 0.152. The lowest BCUT2D eigenvalue weighted by molar-refractivity contribution is 0.449. The molecule has 0 spiro atoms. The van der Waals surface area contributed by atoms with Gasteiger partial charge < -0.3 is 9.73 Å². The quantitative estimate of drug-likeness (QED) is 0.857. The maximum absolute atomic E-state index is 5.37. The van der Waals surface area contributed by atoms with E-state index in [9.17, 15) is 0 Å². The first kappa shape index (κ1) is 11.8. The summed E-state index contributed by atoms with van der Waals surface area (Å²) in [7, 11) is 0. The largest absolute Gasteiger partial charge is 0.469 e. The summed E-state index contributed by atoms with van der Waals surface area (Å²) < 4.78 is 5.37. The van der Waals surface area contributed by atoms with E-state index in [1.807, 2.05) is 25.3 Å². The van der Waals surface area contributed by atoms with Crippen molar-refractivity contribution in [3.63, 3.8) is 0 Å². The van der Waals surface area contributed by atoms with Gasteiger partial charge in [-0.2, -0.15) is 0 Å². The molecule has 2 heterocycles. The Hall–Kier alpha value is -1.68. The van der Waals surface area contributed by atoms with Gasteiger partial charge in [0.1, 0.15) is 5.76 Å². The lowest BCUT2D eigenvalue weighted by Crippen LogP contribution is -2.24. The van der Waals surface area contributed by atoms with Gasteiger partial charge in [-0.05, 0) is 25.6 Å². The number of aryl methyl sites for hydroxylation is 1. The number of hydrogen-bond acceptors (Lipinski definition) is 4. The predicted molar refractivity (Wildman–Crippen MR) is 65.6 cm³/mol. The third kappa shape index (κ3) is 3.14. The Labute approximate surface area is 101 Å². The van der Waals surface area contributed by atoms with Gasteiger partial charge in [-0.1, -0.05) is 6.92 Å². The van der Waals surface area contributed by atoms with Crippen molar-refractivity contribution in [2.45, 2.75) is 26.3 Å². The summed E-state index contributed by atoms with van der Waals surface area (Å²) in [5.74, 6) is 0.957. The Kier molecular flexibility index (Phi) is 3.88. The molecule has 0 saturated heterocycles. The third-order valence-electron chi connectivity index (χ3n) is 2.59. The number of furan rings is 1. The number of hydrogen-bond donors (Lipinski definition) is 1. The van der Waals surface area contributed by atoms with Gasteiger partial charge in [-0.3, -0.25) is 9.97 Å². The van der Waals surface area contributed by atoms with Crippen LogP contribution in [0.5, 0.6) is 0 Å². The summed E-state index contributed by atoms with van der Waals surface area (Å²) in [5.41, 5.74) is 1.89. The molecule has 1 atom stereocenters. The maximum atomic E-state index is 5.37. The fourth-order valence-electron chi connectivity index (χ4n) is 1.74. The topological polar surface area (TPSA) is 51.0 Å². The highest BCUT2D eigenvalue weighted by atomic mass is 16.3. The van der Waals surface area contributed by atoms with E-state index in [1.165, 1.54) is 0 Å². The van der Waals surface area contributed by atoms with Crippen LogP contribution >= 0.6 is 0 Å². The molecule has 0 aliphatic carbocycles. The van der Waals surface area contributed by atoms with E-state index in [2.05, 4.69) is 22.2 Å². The minimum atomic E-state index is 0.152. The van der Waals surface area contributed by atoms with Crippen LogP contribution in [0.3, 0.4) is 0 Å². The minimum Gasteiger partial charge on any atom is -0.469 e. The first-order valence-corrected chi connectivity index (χ1v) is 5.84. The van der Waals surface area contributed by atoms with Crippen LogP contribution < -0.4 is 5.32 Å². The highest BCUT2D eigenvalue weighted by molar-refractivity contribution is 5.10. The van der Waals surface area contributed by atoms with E-state index in [-0.39, 0.29) is 6.04 Å². The van der Waals surface area contributed by atoms with Crippen molar-refractivity contribution in [2.24, 2.45) is 0 Å². The molecular weight excluding hydrogens is 214 g/mol. The second-order valence-electron chi connectivity index (χ2n) is 3.98. The summed E-state index contributed by atoms with van der Waals surface area (Å²) >= 11 is 0. The zero-order valence-electron chi connectivity index (χ0n) is 10.2. The molecule has 0 bridgehead atoms. The average Bonchev–Trinajstić information content (AvgIpc) is 2.82. The van der Waals surface area contributed by atoms with E-state index in [1.54, 1.807) is 12.5 Å². The standard InChI is InChI=1S/C13H17N3O/c1-3-14-12(7-11-5-4-6-17-11)13-9-15-10(2)8-16-13/h4-6,8-9,12,14H,3,7H2,1-2H3. The fourth-order valence-corrected chi connectivity index (χ4v) is 1.74. The highest BCUT2D eigenvalue weighted by Gasteiger charge is 2.14. The van der Waals surface area contributed by atoms with E-state index in [4.69, 9.17) is 4.42 Å². The van der Waals surface area contributed by atoms with Gasteiger partial charge in [-0.25, -0.2) is 0 Å². The summed E-state index contributed by atoms with van der Waals surface area (Å²) in [6.45, 7) is 4.91. The Balaban J connectivity index is 2.13. The monoisotopic (exact) mass is 231 g/mol. The molecule has 1 unspecified atom stereocenters. The molecule has 17 heavy (non-hydrogen) atoms. The molecule has 90 valence electrons. The van der Waals surface area contributed by atoms with Crippen molar-refractivity contribution in [1.29, 1.82) is 0 Å². The molecule has 0 amide bonds. The van der Waals surface area contributed by atoms with Gasteiger partial charge in [-0.15, -0.1) is 0 Å². The van der Waals surface area contributed by atoms with Crippen molar-refractivity contribution in [2.75, 3.05) is 6.54 Å². The molecule has 4 nitrogen and oxygen atoms in total. The summed E-state index contributed by atoms with van der Waals surface area (Å²) in [5, 5.41) is 3.39. The Morgan fingerprint density at radius 1 is 1.35 bits per heavy atom. The smallest absolute Gasteiger partial charge is 0.105 e. The highest BCUT2D eigenvalue weighted by Crippen LogP contribution is 2.16. The lowest BCUT2D eigenvalue weighted by atomic mass is 10.1. The maximum Gasteiger partial charge on any atom is 0.105 e. The van der Waals surface area contributed by atoms with Gasteiger partial charge >= 0.3 is 0 Å². The van der Waals surface area contributed by atoms with Crippen LogP contribution in [0.1, 0.15) is 30.1 Å². The second kappa shape index (κ2) is 5.59. The van der Waals surface area contributed by atoms with Crippen molar-refractivity contribution in [3.8, 4) is 0 Å². The first-order chi connectivity index (χ1) is 8.29. The molecule has 2 aromatic heterocycles. The number of likely N-dealkylation sites (N-methyl/N-ethyl adjacent to an activating group) is 1.